The van der Waals surface area contributed by atoms with E-state index in [1.54, 1.807) is 6.21 Å². The van der Waals surface area contributed by atoms with Crippen LogP contribution in [0.1, 0.15) is 84.6 Å². The smallest absolute Gasteiger partial charge is 0.872 e. The van der Waals surface area contributed by atoms with Crippen LogP contribution in [0.25, 0.3) is 0 Å². The van der Waals surface area contributed by atoms with E-state index in [1.807, 2.05) is 30.3 Å². The molecule has 0 aliphatic carbocycles. The van der Waals surface area contributed by atoms with E-state index >= 15 is 0 Å². The Kier molecular flexibility index (Phi) is 11.0. The van der Waals surface area contributed by atoms with Crippen LogP contribution in [0, 0.1) is 5.92 Å². The molecule has 3 rings (SSSR count). The first kappa shape index (κ1) is 31.4. The molecule has 1 heterocycles. The van der Waals surface area contributed by atoms with Crippen LogP contribution < -0.4 is 10.2 Å². The molecule has 2 aromatic rings. The van der Waals surface area contributed by atoms with Gasteiger partial charge >= 0.3 is 17.1 Å². The van der Waals surface area contributed by atoms with Crippen LogP contribution in [-0.2, 0) is 37.4 Å². The van der Waals surface area contributed by atoms with Crippen molar-refractivity contribution in [3.05, 3.63) is 58.7 Å². The van der Waals surface area contributed by atoms with E-state index in [2.05, 4.69) is 61.5 Å². The fourth-order valence-electron chi connectivity index (χ4n) is 3.52. The van der Waals surface area contributed by atoms with Crippen LogP contribution in [0.4, 0.5) is 5.69 Å². The number of carboxylic acid groups (broad SMARTS) is 1. The SMILES string of the molecule is CC(=O)[O-].CC(C)[C@H]1COC(c2ccccc2N=Cc2cc(C(C)(C)C)cc(C(C)(C)C)c2[O-])=N1.[Cu+2]. The fourth-order valence-corrected chi connectivity index (χ4v) is 3.52. The van der Waals surface area contributed by atoms with E-state index in [0.717, 1.165) is 29.3 Å². The number of benzene rings is 2. The van der Waals surface area contributed by atoms with Crippen molar-refractivity contribution in [2.75, 3.05) is 6.61 Å². The minimum atomic E-state index is -1.08. The topological polar surface area (TPSA) is 97.1 Å². The van der Waals surface area contributed by atoms with E-state index in [4.69, 9.17) is 24.6 Å². The molecule has 1 aliphatic heterocycles. The molecule has 0 saturated carbocycles. The van der Waals surface area contributed by atoms with E-state index in [0.29, 0.717) is 24.0 Å². The molecule has 6 nitrogen and oxygen atoms in total. The van der Waals surface area contributed by atoms with Gasteiger partial charge in [0.15, 0.2) is 0 Å². The van der Waals surface area contributed by atoms with Crippen LogP contribution in [0.5, 0.6) is 5.75 Å². The number of rotatable bonds is 4. The van der Waals surface area contributed by atoms with Gasteiger partial charge < -0.3 is 19.7 Å². The van der Waals surface area contributed by atoms with E-state index in [1.165, 1.54) is 0 Å². The number of carboxylic acids is 1. The van der Waals surface area contributed by atoms with Crippen LogP contribution in [0.2, 0.25) is 0 Å². The van der Waals surface area contributed by atoms with Crippen LogP contribution in [0.15, 0.2) is 46.4 Å². The third kappa shape index (κ3) is 8.49. The monoisotopic (exact) mass is 541 g/mol. The van der Waals surface area contributed by atoms with Crippen LogP contribution in [-0.4, -0.2) is 30.7 Å². The van der Waals surface area contributed by atoms with Gasteiger partial charge in [0.1, 0.15) is 6.61 Å². The molecule has 1 aliphatic rings. The predicted molar refractivity (Wildman–Crippen MR) is 139 cm³/mol. The van der Waals surface area contributed by atoms with Crippen molar-refractivity contribution in [3.63, 3.8) is 0 Å². The van der Waals surface area contributed by atoms with Crippen LogP contribution >= 0.6 is 0 Å². The average molecular weight is 542 g/mol. The summed E-state index contributed by atoms with van der Waals surface area (Å²) in [4.78, 5) is 18.3. The molecule has 36 heavy (non-hydrogen) atoms. The van der Waals surface area contributed by atoms with Gasteiger partial charge in [-0.3, -0.25) is 4.99 Å². The molecule has 7 heteroatoms. The fraction of sp³-hybridized carbons (Fsp3) is 0.483. The van der Waals surface area contributed by atoms with Gasteiger partial charge in [-0.1, -0.05) is 85.4 Å². The Morgan fingerprint density at radius 1 is 1.11 bits per heavy atom. The maximum Gasteiger partial charge on any atom is 2.00 e. The summed E-state index contributed by atoms with van der Waals surface area (Å²) in [5, 5.41) is 22.1. The number of aliphatic carboxylic acids is 1. The summed E-state index contributed by atoms with van der Waals surface area (Å²) in [6.07, 6.45) is 1.70. The first-order chi connectivity index (χ1) is 16.1. The summed E-state index contributed by atoms with van der Waals surface area (Å²) < 4.78 is 5.87. The van der Waals surface area contributed by atoms with Gasteiger partial charge in [0.25, 0.3) is 0 Å². The Morgan fingerprint density at radius 3 is 2.19 bits per heavy atom. The summed E-state index contributed by atoms with van der Waals surface area (Å²) in [6, 6.07) is 12.0. The summed E-state index contributed by atoms with van der Waals surface area (Å²) in [6.45, 7) is 18.6. The van der Waals surface area contributed by atoms with Crippen molar-refractivity contribution in [2.45, 2.75) is 79.2 Å². The molecular weight excluding hydrogens is 504 g/mol. The van der Waals surface area contributed by atoms with Crippen molar-refractivity contribution in [1.82, 2.24) is 0 Å². The van der Waals surface area contributed by atoms with Gasteiger partial charge in [-0.25, -0.2) is 4.99 Å². The van der Waals surface area contributed by atoms with Gasteiger partial charge in [-0.15, -0.1) is 0 Å². The molecule has 0 N–H and O–H groups in total. The average Bonchev–Trinajstić information content (AvgIpc) is 3.21. The zero-order chi connectivity index (χ0) is 26.6. The summed E-state index contributed by atoms with van der Waals surface area (Å²) in [7, 11) is 0. The van der Waals surface area contributed by atoms with Crippen molar-refractivity contribution in [3.8, 4) is 5.75 Å². The molecule has 1 atom stereocenters. The predicted octanol–water partition coefficient (Wildman–Crippen LogP) is 4.66. The van der Waals surface area contributed by atoms with Crippen molar-refractivity contribution < 1.29 is 36.8 Å². The van der Waals surface area contributed by atoms with E-state index < -0.39 is 5.97 Å². The number of hydrogen-bond donors (Lipinski definition) is 0. The first-order valence-corrected chi connectivity index (χ1v) is 12.0. The molecule has 2 aromatic carbocycles. The second kappa shape index (κ2) is 12.6. The first-order valence-electron chi connectivity index (χ1n) is 12.0. The normalized spacial score (nSPS) is 15.6. The number of ether oxygens (including phenoxy) is 1. The zero-order valence-electron chi connectivity index (χ0n) is 22.7. The molecule has 0 spiro atoms. The number of nitrogens with zero attached hydrogens (tertiary/aromatic N) is 2. The Morgan fingerprint density at radius 2 is 1.69 bits per heavy atom. The summed E-state index contributed by atoms with van der Waals surface area (Å²) in [5.41, 5.74) is 3.87. The second-order valence-corrected chi connectivity index (χ2v) is 11.3. The van der Waals surface area contributed by atoms with Gasteiger partial charge in [0.2, 0.25) is 5.90 Å². The van der Waals surface area contributed by atoms with Crippen molar-refractivity contribution in [2.24, 2.45) is 15.9 Å². The number of hydrogen-bond acceptors (Lipinski definition) is 6. The maximum absolute atomic E-state index is 13.2. The standard InChI is InChI=1S/C27H36N2O2.C2H4O2.Cu/c1-17(2)23-16-31-25(29-23)20-11-9-10-12-22(20)28-15-18-13-19(26(3,4)5)14-21(24(18)30)27(6,7)8;1-2(3)4;/h9-15,17,23,30H,16H2,1-8H3;1H3,(H,3,4);/q;;+2/p-2/t23-;;/m1../s1. The minimum absolute atomic E-state index is 0. The van der Waals surface area contributed by atoms with Crippen molar-refractivity contribution in [1.29, 1.82) is 0 Å². The number of carbonyl (C=O) groups is 1. The third-order valence-corrected chi connectivity index (χ3v) is 5.71. The van der Waals surface area contributed by atoms with Gasteiger partial charge in [-0.2, -0.15) is 0 Å². The number of aliphatic imine (C=N–C) groups is 2. The zero-order valence-corrected chi connectivity index (χ0v) is 23.7. The van der Waals surface area contributed by atoms with Gasteiger partial charge in [0, 0.05) is 12.2 Å². The van der Waals surface area contributed by atoms with E-state index in [-0.39, 0.29) is 39.7 Å². The molecule has 199 valence electrons. The maximum atomic E-state index is 13.2. The Bertz CT molecular complexity index is 1110. The number of carbonyl (C=O) groups excluding carboxylic acids is 1. The molecule has 0 bridgehead atoms. The van der Waals surface area contributed by atoms with Gasteiger partial charge in [0.05, 0.1) is 17.3 Å². The minimum Gasteiger partial charge on any atom is -0.872 e. The second-order valence-electron chi connectivity index (χ2n) is 11.3. The quantitative estimate of drug-likeness (QED) is 0.415. The Labute approximate surface area is 226 Å². The molecule has 0 aromatic heterocycles. The largest absolute Gasteiger partial charge is 2.00 e. The van der Waals surface area contributed by atoms with Crippen molar-refractivity contribution >= 4 is 23.8 Å². The van der Waals surface area contributed by atoms with Gasteiger partial charge in [-0.05, 0) is 52.5 Å². The molecular formula is C29H38CuN2O4. The number of para-hydroxylation sites is 1. The Balaban J connectivity index is 0.00000120. The molecule has 1 radical (unpaired) electrons. The Hall–Kier alpha value is -2.63. The molecule has 0 saturated heterocycles. The molecule has 0 unspecified atom stereocenters. The molecule has 0 amide bonds. The summed E-state index contributed by atoms with van der Waals surface area (Å²) >= 11 is 0. The summed E-state index contributed by atoms with van der Waals surface area (Å²) in [5.74, 6) is 0.0100. The third-order valence-electron chi connectivity index (χ3n) is 5.71. The molecule has 0 fully saturated rings. The van der Waals surface area contributed by atoms with E-state index in [9.17, 15) is 5.11 Å². The van der Waals surface area contributed by atoms with Crippen LogP contribution in [0.3, 0.4) is 0 Å².